The third-order valence-electron chi connectivity index (χ3n) is 8.32. The summed E-state index contributed by atoms with van der Waals surface area (Å²) in [5.41, 5.74) is 12.4. The van der Waals surface area contributed by atoms with Crippen molar-refractivity contribution in [2.75, 3.05) is 4.90 Å². The van der Waals surface area contributed by atoms with Crippen molar-refractivity contribution >= 4 is 40.4 Å². The average molecular weight is 632 g/mol. The van der Waals surface area contributed by atoms with E-state index in [2.05, 4.69) is 6.07 Å². The number of nitro groups is 1. The number of hydrogen-bond acceptors (Lipinski definition) is 7. The van der Waals surface area contributed by atoms with Gasteiger partial charge in [-0.15, -0.1) is 0 Å². The fraction of sp³-hybridized carbons (Fsp3) is 0.294. The molecule has 0 saturated carbocycles. The Hall–Kier alpha value is -4.32. The molecular formula is C34H32Cl2N4O4. The van der Waals surface area contributed by atoms with Gasteiger partial charge in [0.2, 0.25) is 0 Å². The van der Waals surface area contributed by atoms with Crippen molar-refractivity contribution in [3.05, 3.63) is 119 Å². The predicted octanol–water partition coefficient (Wildman–Crippen LogP) is 8.35. The second-order valence-corrected chi connectivity index (χ2v) is 13.1. The van der Waals surface area contributed by atoms with Crippen molar-refractivity contribution in [1.82, 2.24) is 0 Å². The monoisotopic (exact) mass is 630 g/mol. The molecule has 0 bridgehead atoms. The maximum absolute atomic E-state index is 14.0. The van der Waals surface area contributed by atoms with E-state index in [0.29, 0.717) is 40.6 Å². The molecule has 0 saturated heterocycles. The number of nitro benzene ring substituents is 1. The highest BCUT2D eigenvalue weighted by atomic mass is 35.5. The van der Waals surface area contributed by atoms with E-state index in [0.717, 1.165) is 27.8 Å². The normalized spacial score (nSPS) is 17.8. The Bertz CT molecular complexity index is 1840. The fourth-order valence-corrected chi connectivity index (χ4v) is 6.68. The fourth-order valence-electron chi connectivity index (χ4n) is 6.20. The van der Waals surface area contributed by atoms with Gasteiger partial charge in [0.05, 0.1) is 33.2 Å². The number of anilines is 1. The van der Waals surface area contributed by atoms with Crippen LogP contribution in [0, 0.1) is 47.6 Å². The Labute approximate surface area is 266 Å². The first-order valence-electron chi connectivity index (χ1n) is 14.1. The summed E-state index contributed by atoms with van der Waals surface area (Å²) < 4.78 is 6.17. The number of nitrogens with two attached hydrogens (primary N) is 1. The molecule has 8 nitrogen and oxygen atoms in total. The lowest BCUT2D eigenvalue weighted by Gasteiger charge is -2.44. The van der Waals surface area contributed by atoms with Gasteiger partial charge in [-0.3, -0.25) is 19.8 Å². The number of carbonyl (C=O) groups excluding carboxylic acids is 1. The molecule has 0 fully saturated rings. The number of nitrogens with zero attached hydrogens (tertiary/aromatic N) is 3. The second-order valence-electron chi connectivity index (χ2n) is 12.2. The Morgan fingerprint density at radius 3 is 2.43 bits per heavy atom. The summed E-state index contributed by atoms with van der Waals surface area (Å²) in [5.74, 6) is 0.0511. The highest BCUT2D eigenvalue weighted by molar-refractivity contribution is 6.33. The van der Waals surface area contributed by atoms with E-state index in [1.165, 1.54) is 18.2 Å². The van der Waals surface area contributed by atoms with E-state index in [-0.39, 0.29) is 34.5 Å². The minimum Gasteiger partial charge on any atom is -0.489 e. The van der Waals surface area contributed by atoms with Gasteiger partial charge in [0.15, 0.2) is 5.78 Å². The van der Waals surface area contributed by atoms with Gasteiger partial charge in [-0.1, -0.05) is 49.2 Å². The number of aryl methyl sites for hydroxylation is 3. The SMILES string of the molecule is Cc1cc(C)c(C2C(C#N)=C(N)N(c3ccc([N+](=O)[O-])cc3Cl)C3=C2C(=O)CC(C)(C)C3)cc1COc1ccc(Cl)cc1C. The zero-order valence-corrected chi connectivity index (χ0v) is 26.6. The number of benzene rings is 3. The molecule has 0 aromatic heterocycles. The molecule has 1 aliphatic heterocycles. The van der Waals surface area contributed by atoms with Crippen molar-refractivity contribution in [2.24, 2.45) is 11.1 Å². The number of nitriles is 1. The number of allylic oxidation sites excluding steroid dienone is 3. The Morgan fingerprint density at radius 1 is 1.07 bits per heavy atom. The topological polar surface area (TPSA) is 122 Å². The number of Topliss-reactive ketones (excluding diaryl/α,β-unsaturated/α-hetero) is 1. The lowest BCUT2D eigenvalue weighted by molar-refractivity contribution is -0.384. The number of hydrogen-bond donors (Lipinski definition) is 1. The summed E-state index contributed by atoms with van der Waals surface area (Å²) in [6.45, 7) is 10.2. The molecule has 226 valence electrons. The number of halogens is 2. The number of carbonyl (C=O) groups is 1. The minimum absolute atomic E-state index is 0.0842. The Morgan fingerprint density at radius 2 is 1.80 bits per heavy atom. The van der Waals surface area contributed by atoms with Crippen LogP contribution in [0.3, 0.4) is 0 Å². The number of non-ortho nitro benzene ring substituents is 1. The van der Waals surface area contributed by atoms with E-state index in [1.54, 1.807) is 11.0 Å². The van der Waals surface area contributed by atoms with Crippen LogP contribution >= 0.6 is 23.2 Å². The molecule has 3 aromatic carbocycles. The Kier molecular flexibility index (Phi) is 8.23. The Balaban J connectivity index is 1.67. The molecule has 1 heterocycles. The van der Waals surface area contributed by atoms with Crippen LogP contribution in [0.15, 0.2) is 71.2 Å². The average Bonchev–Trinajstić information content (AvgIpc) is 2.93. The molecule has 1 atom stereocenters. The second kappa shape index (κ2) is 11.6. The van der Waals surface area contributed by atoms with E-state index in [4.69, 9.17) is 33.7 Å². The molecule has 5 rings (SSSR count). The van der Waals surface area contributed by atoms with Crippen molar-refractivity contribution in [3.8, 4) is 11.8 Å². The van der Waals surface area contributed by atoms with Gasteiger partial charge in [-0.25, -0.2) is 0 Å². The number of rotatable bonds is 6. The van der Waals surface area contributed by atoms with Crippen molar-refractivity contribution in [3.63, 3.8) is 0 Å². The van der Waals surface area contributed by atoms with Gasteiger partial charge >= 0.3 is 0 Å². The van der Waals surface area contributed by atoms with Crippen molar-refractivity contribution < 1.29 is 14.5 Å². The van der Waals surface area contributed by atoms with Gasteiger partial charge in [0.1, 0.15) is 18.2 Å². The smallest absolute Gasteiger partial charge is 0.271 e. The van der Waals surface area contributed by atoms with Crippen LogP contribution < -0.4 is 15.4 Å². The molecule has 3 aromatic rings. The number of ketones is 1. The van der Waals surface area contributed by atoms with Crippen molar-refractivity contribution in [1.29, 1.82) is 5.26 Å². The highest BCUT2D eigenvalue weighted by Crippen LogP contribution is 2.52. The van der Waals surface area contributed by atoms with Gasteiger partial charge in [-0.2, -0.15) is 5.26 Å². The predicted molar refractivity (Wildman–Crippen MR) is 172 cm³/mol. The largest absolute Gasteiger partial charge is 0.489 e. The summed E-state index contributed by atoms with van der Waals surface area (Å²) in [7, 11) is 0. The number of ether oxygens (including phenoxy) is 1. The van der Waals surface area contributed by atoms with Crippen LogP contribution in [-0.2, 0) is 11.4 Å². The lowest BCUT2D eigenvalue weighted by Crippen LogP contribution is -2.42. The molecule has 0 amide bonds. The molecule has 44 heavy (non-hydrogen) atoms. The zero-order valence-electron chi connectivity index (χ0n) is 25.1. The summed E-state index contributed by atoms with van der Waals surface area (Å²) in [5, 5.41) is 22.6. The lowest BCUT2D eigenvalue weighted by atomic mass is 9.68. The van der Waals surface area contributed by atoms with E-state index >= 15 is 0 Å². The first kappa shape index (κ1) is 31.1. The van der Waals surface area contributed by atoms with E-state index in [9.17, 15) is 20.2 Å². The van der Waals surface area contributed by atoms with Gasteiger partial charge in [0.25, 0.3) is 5.69 Å². The summed E-state index contributed by atoms with van der Waals surface area (Å²) in [6, 6.07) is 15.9. The molecular weight excluding hydrogens is 599 g/mol. The summed E-state index contributed by atoms with van der Waals surface area (Å²) in [6.07, 6.45) is 0.771. The molecule has 2 aliphatic rings. The molecule has 0 spiro atoms. The quantitative estimate of drug-likeness (QED) is 0.214. The highest BCUT2D eigenvalue weighted by Gasteiger charge is 2.45. The third-order valence-corrected chi connectivity index (χ3v) is 8.86. The van der Waals surface area contributed by atoms with E-state index in [1.807, 2.05) is 58.9 Å². The standard InChI is InChI=1S/C34H32Cl2N4O4/c1-18-10-19(2)24(12-21(18)17-44-30-9-6-22(35)11-20(30)3)31-25(16-37)33(38)39(27-8-7-23(40(42)43)13-26(27)36)28-14-34(4,5)15-29(41)32(28)31/h6-13,31H,14-15,17,38H2,1-5H3. The van der Waals surface area contributed by atoms with Crippen LogP contribution in [0.2, 0.25) is 10.0 Å². The maximum Gasteiger partial charge on any atom is 0.271 e. The third kappa shape index (κ3) is 5.66. The molecule has 0 radical (unpaired) electrons. The van der Waals surface area contributed by atoms with Gasteiger partial charge in [0, 0.05) is 34.8 Å². The zero-order chi connectivity index (χ0) is 32.1. The van der Waals surface area contributed by atoms with E-state index < -0.39 is 16.3 Å². The van der Waals surface area contributed by atoms with Crippen LogP contribution in [-0.4, -0.2) is 10.7 Å². The summed E-state index contributed by atoms with van der Waals surface area (Å²) in [4.78, 5) is 26.5. The van der Waals surface area contributed by atoms with Crippen LogP contribution in [0.4, 0.5) is 11.4 Å². The van der Waals surface area contributed by atoms with Crippen LogP contribution in [0.1, 0.15) is 60.4 Å². The van der Waals surface area contributed by atoms with Crippen LogP contribution in [0.25, 0.3) is 0 Å². The minimum atomic E-state index is -0.705. The first-order chi connectivity index (χ1) is 20.7. The van der Waals surface area contributed by atoms with Crippen LogP contribution in [0.5, 0.6) is 5.75 Å². The molecule has 1 unspecified atom stereocenters. The molecule has 10 heteroatoms. The van der Waals surface area contributed by atoms with Gasteiger partial charge < -0.3 is 10.5 Å². The molecule has 2 N–H and O–H groups in total. The molecule has 1 aliphatic carbocycles. The van der Waals surface area contributed by atoms with Crippen molar-refractivity contribution in [2.45, 2.75) is 60.0 Å². The first-order valence-corrected chi connectivity index (χ1v) is 14.9. The summed E-state index contributed by atoms with van der Waals surface area (Å²) >= 11 is 12.7. The van der Waals surface area contributed by atoms with Gasteiger partial charge in [-0.05, 0) is 84.7 Å². The maximum atomic E-state index is 14.0.